The van der Waals surface area contributed by atoms with Gasteiger partial charge in [-0.2, -0.15) is 13.5 Å². The Morgan fingerprint density at radius 2 is 1.62 bits per heavy atom. The van der Waals surface area contributed by atoms with Gasteiger partial charge in [0.25, 0.3) is 16.0 Å². The molecule has 11 nitrogen and oxygen atoms in total. The normalized spacial score (nSPS) is 13.9. The van der Waals surface area contributed by atoms with E-state index in [1.165, 1.54) is 0 Å². The first-order valence-electron chi connectivity index (χ1n) is 8.37. The maximum atomic E-state index is 12.6. The van der Waals surface area contributed by atoms with E-state index >= 15 is 0 Å². The second kappa shape index (κ2) is 9.67. The van der Waals surface area contributed by atoms with E-state index in [0.29, 0.717) is 16.9 Å². The molecule has 1 rings (SSSR count). The fourth-order valence-corrected chi connectivity index (χ4v) is 2.68. The zero-order chi connectivity index (χ0) is 22.4. The molecule has 0 aliphatic heterocycles. The fourth-order valence-electron chi connectivity index (χ4n) is 2.10. The highest BCUT2D eigenvalue weighted by atomic mass is 32.2. The lowest BCUT2D eigenvalue weighted by atomic mass is 10.1. The molecule has 29 heavy (non-hydrogen) atoms. The predicted molar refractivity (Wildman–Crippen MR) is 101 cm³/mol. The van der Waals surface area contributed by atoms with Crippen LogP contribution in [0.2, 0.25) is 0 Å². The van der Waals surface area contributed by atoms with Gasteiger partial charge in [-0.05, 0) is 26.3 Å². The number of nitrogens with two attached hydrogens (primary N) is 2. The molecule has 0 spiro atoms. The minimum atomic E-state index is -4.25. The van der Waals surface area contributed by atoms with E-state index in [4.69, 9.17) is 21.0 Å². The summed E-state index contributed by atoms with van der Waals surface area (Å²) in [4.78, 5) is 41.9. The SMILES string of the molecule is CC(C)(C)OC(=O)N(OCc1ccccc1)[C@H](C(N)=O)[C@H](OS(C)(=O)=O)C(N)=O. The van der Waals surface area contributed by atoms with Crippen LogP contribution in [0.5, 0.6) is 0 Å². The maximum Gasteiger partial charge on any atom is 0.435 e. The number of rotatable bonds is 9. The molecular weight excluding hydrogens is 406 g/mol. The molecular formula is C17H25N3O8S. The molecule has 1 aromatic rings. The number of carbonyl (C=O) groups excluding carboxylic acids is 3. The highest BCUT2D eigenvalue weighted by Crippen LogP contribution is 2.18. The lowest BCUT2D eigenvalue weighted by Gasteiger charge is -2.33. The molecule has 2 atom stereocenters. The molecule has 0 heterocycles. The topological polar surface area (TPSA) is 168 Å². The van der Waals surface area contributed by atoms with Crippen molar-refractivity contribution in [3.8, 4) is 0 Å². The number of primary amides is 2. The zero-order valence-electron chi connectivity index (χ0n) is 16.5. The Morgan fingerprint density at radius 3 is 2.03 bits per heavy atom. The van der Waals surface area contributed by atoms with Gasteiger partial charge in [0.1, 0.15) is 12.2 Å². The average molecular weight is 431 g/mol. The third kappa shape index (κ3) is 8.46. The van der Waals surface area contributed by atoms with Crippen LogP contribution in [0.15, 0.2) is 30.3 Å². The molecule has 0 saturated heterocycles. The van der Waals surface area contributed by atoms with Crippen molar-refractivity contribution in [3.63, 3.8) is 0 Å². The van der Waals surface area contributed by atoms with E-state index in [2.05, 4.69) is 4.18 Å². The molecule has 4 N–H and O–H groups in total. The Hall–Kier alpha value is -2.70. The molecule has 0 fully saturated rings. The summed E-state index contributed by atoms with van der Waals surface area (Å²) in [6.07, 6.45) is -2.68. The summed E-state index contributed by atoms with van der Waals surface area (Å²) in [5.74, 6) is -2.65. The van der Waals surface area contributed by atoms with Crippen LogP contribution in [0.4, 0.5) is 4.79 Å². The highest BCUT2D eigenvalue weighted by Gasteiger charge is 2.44. The van der Waals surface area contributed by atoms with Gasteiger partial charge in [0.15, 0.2) is 12.1 Å². The summed E-state index contributed by atoms with van der Waals surface area (Å²) in [6.45, 7) is 4.43. The summed E-state index contributed by atoms with van der Waals surface area (Å²) in [7, 11) is -4.25. The van der Waals surface area contributed by atoms with Crippen molar-refractivity contribution >= 4 is 28.0 Å². The van der Waals surface area contributed by atoms with E-state index in [1.807, 2.05) is 0 Å². The van der Waals surface area contributed by atoms with E-state index in [0.717, 1.165) is 0 Å². The quantitative estimate of drug-likeness (QED) is 0.408. The van der Waals surface area contributed by atoms with Crippen LogP contribution in [-0.2, 0) is 40.1 Å². The fraction of sp³-hybridized carbons (Fsp3) is 0.471. The number of hydrogen-bond acceptors (Lipinski definition) is 8. The van der Waals surface area contributed by atoms with Crippen molar-refractivity contribution in [2.45, 2.75) is 45.1 Å². The van der Waals surface area contributed by atoms with Crippen molar-refractivity contribution in [1.29, 1.82) is 0 Å². The van der Waals surface area contributed by atoms with Gasteiger partial charge in [0.05, 0.1) is 6.26 Å². The molecule has 0 bridgehead atoms. The molecule has 0 aliphatic rings. The largest absolute Gasteiger partial charge is 0.442 e. The number of nitrogens with zero attached hydrogens (tertiary/aromatic N) is 1. The number of ether oxygens (including phenoxy) is 1. The second-order valence-corrected chi connectivity index (χ2v) is 8.64. The number of carbonyl (C=O) groups is 3. The van der Waals surface area contributed by atoms with Crippen LogP contribution in [0.3, 0.4) is 0 Å². The van der Waals surface area contributed by atoms with Gasteiger partial charge in [-0.1, -0.05) is 30.3 Å². The first-order valence-corrected chi connectivity index (χ1v) is 10.2. The van der Waals surface area contributed by atoms with Gasteiger partial charge >= 0.3 is 6.09 Å². The molecule has 0 saturated carbocycles. The lowest BCUT2D eigenvalue weighted by Crippen LogP contribution is -2.59. The van der Waals surface area contributed by atoms with Crippen molar-refractivity contribution in [2.75, 3.05) is 6.26 Å². The smallest absolute Gasteiger partial charge is 0.435 e. The van der Waals surface area contributed by atoms with Crippen molar-refractivity contribution in [2.24, 2.45) is 11.5 Å². The summed E-state index contributed by atoms with van der Waals surface area (Å²) in [6, 6.07) is 6.50. The lowest BCUT2D eigenvalue weighted by molar-refractivity contribution is -0.196. The standard InChI is InChI=1S/C17H25N3O8S/c1-17(2,3)27-16(23)20(26-10-11-8-6-5-7-9-11)12(14(18)21)13(15(19)22)28-29(4,24)25/h5-9,12-13H,10H2,1-4H3,(H2,18,21)(H2,19,22)/t12-,13-/m0/s1. The molecule has 12 heteroatoms. The number of amides is 3. The molecule has 0 aliphatic carbocycles. The minimum absolute atomic E-state index is 0.228. The van der Waals surface area contributed by atoms with Crippen LogP contribution in [0.1, 0.15) is 26.3 Å². The van der Waals surface area contributed by atoms with Gasteiger partial charge < -0.3 is 16.2 Å². The molecule has 0 unspecified atom stereocenters. The van der Waals surface area contributed by atoms with Crippen LogP contribution in [0.25, 0.3) is 0 Å². The van der Waals surface area contributed by atoms with Crippen molar-refractivity contribution < 1.29 is 36.6 Å². The molecule has 3 amide bonds. The van der Waals surface area contributed by atoms with E-state index < -0.39 is 45.8 Å². The summed E-state index contributed by atoms with van der Waals surface area (Å²) in [5, 5.41) is 0.362. The third-order valence-corrected chi connectivity index (χ3v) is 3.73. The van der Waals surface area contributed by atoms with Gasteiger partial charge in [-0.15, -0.1) is 0 Å². The number of hydrogen-bond donors (Lipinski definition) is 2. The minimum Gasteiger partial charge on any atom is -0.442 e. The van der Waals surface area contributed by atoms with E-state index in [1.54, 1.807) is 51.1 Å². The Balaban J connectivity index is 3.32. The molecule has 1 aromatic carbocycles. The van der Waals surface area contributed by atoms with Gasteiger partial charge in [0.2, 0.25) is 5.91 Å². The van der Waals surface area contributed by atoms with Gasteiger partial charge in [0, 0.05) is 0 Å². The molecule has 0 radical (unpaired) electrons. The van der Waals surface area contributed by atoms with Crippen LogP contribution >= 0.6 is 0 Å². The van der Waals surface area contributed by atoms with Crippen LogP contribution in [0, 0.1) is 0 Å². The Kier molecular flexibility index (Phi) is 8.12. The van der Waals surface area contributed by atoms with Crippen LogP contribution in [-0.4, -0.2) is 55.4 Å². The Bertz CT molecular complexity index is 836. The van der Waals surface area contributed by atoms with Gasteiger partial charge in [-0.25, -0.2) is 4.79 Å². The maximum absolute atomic E-state index is 12.6. The predicted octanol–water partition coefficient (Wildman–Crippen LogP) is 0.0393. The summed E-state index contributed by atoms with van der Waals surface area (Å²) >= 11 is 0. The highest BCUT2D eigenvalue weighted by molar-refractivity contribution is 7.86. The van der Waals surface area contributed by atoms with E-state index in [-0.39, 0.29) is 6.61 Å². The Labute approximate surface area is 168 Å². The monoisotopic (exact) mass is 431 g/mol. The Morgan fingerprint density at radius 1 is 1.07 bits per heavy atom. The number of hydroxylamine groups is 2. The van der Waals surface area contributed by atoms with Crippen LogP contribution < -0.4 is 11.5 Å². The summed E-state index contributed by atoms with van der Waals surface area (Å²) < 4.78 is 32.8. The first kappa shape index (κ1) is 24.3. The molecule has 0 aromatic heterocycles. The van der Waals surface area contributed by atoms with Crippen molar-refractivity contribution in [1.82, 2.24) is 5.06 Å². The first-order chi connectivity index (χ1) is 13.2. The molecule has 162 valence electrons. The summed E-state index contributed by atoms with van der Waals surface area (Å²) in [5.41, 5.74) is 10.1. The second-order valence-electron chi connectivity index (χ2n) is 7.04. The number of benzene rings is 1. The zero-order valence-corrected chi connectivity index (χ0v) is 17.3. The van der Waals surface area contributed by atoms with Gasteiger partial charge in [-0.3, -0.25) is 18.6 Å². The third-order valence-electron chi connectivity index (χ3n) is 3.18. The van der Waals surface area contributed by atoms with E-state index in [9.17, 15) is 22.8 Å². The van der Waals surface area contributed by atoms with Crippen molar-refractivity contribution in [3.05, 3.63) is 35.9 Å². The average Bonchev–Trinajstić information content (AvgIpc) is 2.54.